The number of aromatic nitrogens is 1. The van der Waals surface area contributed by atoms with Crippen LogP contribution in [0.3, 0.4) is 0 Å². The molecule has 0 spiro atoms. The number of anilines is 2. The third kappa shape index (κ3) is 10.2. The monoisotopic (exact) mass is 700 g/mol. The first-order valence-electron chi connectivity index (χ1n) is 15.2. The highest BCUT2D eigenvalue weighted by Crippen LogP contribution is 2.32. The minimum absolute atomic E-state index is 0.659. The zero-order chi connectivity index (χ0) is 33.0. The quantitative estimate of drug-likeness (QED) is 0.0277. The van der Waals surface area contributed by atoms with Crippen LogP contribution >= 0.6 is 44.7 Å². The van der Waals surface area contributed by atoms with E-state index in [1.54, 1.807) is 23.1 Å². The number of hydrogen-bond acceptors (Lipinski definition) is 10. The van der Waals surface area contributed by atoms with Gasteiger partial charge in [0.2, 0.25) is 0 Å². The van der Waals surface area contributed by atoms with Gasteiger partial charge in [0, 0.05) is 51.4 Å². The van der Waals surface area contributed by atoms with Gasteiger partial charge in [-0.3, -0.25) is 0 Å². The van der Waals surface area contributed by atoms with Crippen LogP contribution in [-0.2, 0) is 6.54 Å². The lowest BCUT2D eigenvalue weighted by Crippen LogP contribution is -2.78. The lowest BCUT2D eigenvalue weighted by Gasteiger charge is -2.11. The maximum Gasteiger partial charge on any atom is 0.409 e. The van der Waals surface area contributed by atoms with Crippen LogP contribution in [-0.4, -0.2) is 46.2 Å². The van der Waals surface area contributed by atoms with Crippen LogP contribution in [0.4, 0.5) is 33.6 Å². The van der Waals surface area contributed by atoms with Crippen LogP contribution in [0, 0.1) is 0 Å². The molecule has 5 aromatic rings. The average molecular weight is 701 g/mol. The van der Waals surface area contributed by atoms with Gasteiger partial charge in [0.15, 0.2) is 0 Å². The standard InChI is InChI=1S/C35H39N8S4/c1-26(37-38-27-14-18-29(19-15-27)41(2)3)46-33-12-8-6-10-31(33)36-22-24-44-45-25-23-43-32-11-7-9-13-34(32)47-35(43)40-39-28-16-20-30(21-17-28)42(4)5/h6-21,36H,1,22-25H2,2-5H3/q+1/p+1. The summed E-state index contributed by atoms with van der Waals surface area (Å²) >= 11 is 3.23. The van der Waals surface area contributed by atoms with E-state index >= 15 is 0 Å². The molecule has 0 saturated heterocycles. The molecule has 0 unspecified atom stereocenters. The number of nitrogens with two attached hydrogens (primary N) is 1. The van der Waals surface area contributed by atoms with Crippen LogP contribution < -0.4 is 19.7 Å². The second kappa shape index (κ2) is 17.5. The molecule has 8 nitrogen and oxygen atoms in total. The molecule has 0 fully saturated rings. The Bertz CT molecular complexity index is 1820. The van der Waals surface area contributed by atoms with E-state index in [-0.39, 0.29) is 0 Å². The summed E-state index contributed by atoms with van der Waals surface area (Å²) in [6.45, 7) is 5.97. The summed E-state index contributed by atoms with van der Waals surface area (Å²) in [6.07, 6.45) is 0. The maximum atomic E-state index is 4.66. The first-order chi connectivity index (χ1) is 22.9. The molecule has 2 N–H and O–H groups in total. The molecule has 0 aliphatic carbocycles. The van der Waals surface area contributed by atoms with Crippen LogP contribution in [0.1, 0.15) is 0 Å². The van der Waals surface area contributed by atoms with E-state index in [1.807, 2.05) is 86.2 Å². The third-order valence-electron chi connectivity index (χ3n) is 7.04. The number of fused-ring (bicyclic) bond motifs is 1. The molecule has 0 bridgehead atoms. The van der Waals surface area contributed by atoms with Crippen molar-refractivity contribution in [3.8, 4) is 0 Å². The SMILES string of the molecule is C=C(N=Nc1ccc(N(C)C)cc1)Sc1ccccc1[NH2+]CCSSCC[n+]1c(N=Nc2ccc(N(C)C)cc2)sc2ccccc21. The molecule has 1 heterocycles. The number of aryl methyl sites for hydroxylation is 1. The fourth-order valence-electron chi connectivity index (χ4n) is 4.56. The number of rotatable bonds is 16. The van der Waals surface area contributed by atoms with Gasteiger partial charge in [-0.15, -0.1) is 5.11 Å². The van der Waals surface area contributed by atoms with Crippen molar-refractivity contribution < 1.29 is 9.88 Å². The Hall–Kier alpha value is -3.68. The molecule has 0 aliphatic rings. The van der Waals surface area contributed by atoms with Gasteiger partial charge in [0.05, 0.1) is 32.7 Å². The van der Waals surface area contributed by atoms with E-state index in [2.05, 4.69) is 107 Å². The summed E-state index contributed by atoms with van der Waals surface area (Å²) in [5, 5.41) is 21.8. The Morgan fingerprint density at radius 2 is 1.36 bits per heavy atom. The molecule has 0 saturated carbocycles. The number of hydrogen-bond donors (Lipinski definition) is 1. The molecular formula is C35H40N8S4+2. The minimum atomic E-state index is 0.659. The fourth-order valence-corrected chi connectivity index (χ4v) is 8.25. The second-order valence-electron chi connectivity index (χ2n) is 10.9. The Morgan fingerprint density at radius 1 is 0.745 bits per heavy atom. The molecular weight excluding hydrogens is 661 g/mol. The van der Waals surface area contributed by atoms with E-state index in [4.69, 9.17) is 0 Å². The Balaban J connectivity index is 1.09. The molecule has 5 rings (SSSR count). The average Bonchev–Trinajstić information content (AvgIpc) is 3.44. The zero-order valence-electron chi connectivity index (χ0n) is 27.1. The Kier molecular flexibility index (Phi) is 12.9. The number of nitrogens with zero attached hydrogens (tertiary/aromatic N) is 7. The Morgan fingerprint density at radius 3 is 2.06 bits per heavy atom. The highest BCUT2D eigenvalue weighted by atomic mass is 33.1. The van der Waals surface area contributed by atoms with Crippen molar-refractivity contribution in [1.82, 2.24) is 0 Å². The summed E-state index contributed by atoms with van der Waals surface area (Å²) < 4.78 is 3.50. The van der Waals surface area contributed by atoms with Crippen molar-refractivity contribution in [3.63, 3.8) is 0 Å². The van der Waals surface area contributed by atoms with Crippen molar-refractivity contribution in [2.75, 3.05) is 56.0 Å². The van der Waals surface area contributed by atoms with Crippen molar-refractivity contribution in [2.24, 2.45) is 20.5 Å². The first-order valence-corrected chi connectivity index (χ1v) is 19.3. The number of thiazole rings is 1. The van der Waals surface area contributed by atoms with Crippen molar-refractivity contribution in [3.05, 3.63) is 109 Å². The largest absolute Gasteiger partial charge is 0.409 e. The minimum Gasteiger partial charge on any atom is -0.378 e. The fraction of sp³-hybridized carbons (Fsp3) is 0.229. The van der Waals surface area contributed by atoms with Gasteiger partial charge in [-0.05, 0) is 83.2 Å². The number of para-hydroxylation sites is 2. The molecule has 0 radical (unpaired) electrons. The lowest BCUT2D eigenvalue weighted by atomic mass is 10.3. The van der Waals surface area contributed by atoms with Gasteiger partial charge >= 0.3 is 5.13 Å². The van der Waals surface area contributed by atoms with Gasteiger partial charge in [-0.25, -0.2) is 4.57 Å². The molecule has 0 aliphatic heterocycles. The highest BCUT2D eigenvalue weighted by Gasteiger charge is 2.19. The lowest BCUT2D eigenvalue weighted by molar-refractivity contribution is -0.650. The first kappa shape index (κ1) is 34.6. The summed E-state index contributed by atoms with van der Waals surface area (Å²) in [6, 6.07) is 33.0. The molecule has 47 heavy (non-hydrogen) atoms. The maximum absolute atomic E-state index is 4.66. The van der Waals surface area contributed by atoms with Crippen molar-refractivity contribution >= 4 is 88.5 Å². The number of benzene rings is 4. The topological polar surface area (TPSA) is 76.4 Å². The molecule has 4 aromatic carbocycles. The van der Waals surface area contributed by atoms with Crippen LogP contribution in [0.25, 0.3) is 10.2 Å². The molecule has 0 amide bonds. The second-order valence-corrected chi connectivity index (χ2v) is 15.7. The summed E-state index contributed by atoms with van der Waals surface area (Å²) in [5.41, 5.74) is 6.32. The van der Waals surface area contributed by atoms with Gasteiger partial charge in [0.1, 0.15) is 28.5 Å². The van der Waals surface area contributed by atoms with Crippen molar-refractivity contribution in [2.45, 2.75) is 11.4 Å². The summed E-state index contributed by atoms with van der Waals surface area (Å²) in [5.74, 6) is 2.00. The van der Waals surface area contributed by atoms with Crippen LogP contribution in [0.5, 0.6) is 0 Å². The van der Waals surface area contributed by atoms with Gasteiger partial charge < -0.3 is 15.1 Å². The van der Waals surface area contributed by atoms with Crippen LogP contribution in [0.15, 0.2) is 134 Å². The normalized spacial score (nSPS) is 11.6. The van der Waals surface area contributed by atoms with Gasteiger partial charge in [-0.2, -0.15) is 5.11 Å². The number of quaternary nitrogens is 1. The smallest absolute Gasteiger partial charge is 0.378 e. The number of thioether (sulfide) groups is 1. The zero-order valence-corrected chi connectivity index (χ0v) is 30.4. The predicted octanol–water partition coefficient (Wildman–Crippen LogP) is 9.36. The molecule has 12 heteroatoms. The van der Waals surface area contributed by atoms with E-state index < -0.39 is 0 Å². The van der Waals surface area contributed by atoms with E-state index in [0.29, 0.717) is 5.03 Å². The number of azo groups is 2. The summed E-state index contributed by atoms with van der Waals surface area (Å²) in [4.78, 5) is 5.27. The van der Waals surface area contributed by atoms with Gasteiger partial charge in [0.25, 0.3) is 0 Å². The molecule has 0 atom stereocenters. The van der Waals surface area contributed by atoms with Gasteiger partial charge in [-0.1, -0.05) is 64.2 Å². The van der Waals surface area contributed by atoms with Crippen LogP contribution in [0.2, 0.25) is 0 Å². The third-order valence-corrected chi connectivity index (χ3v) is 11.4. The summed E-state index contributed by atoms with van der Waals surface area (Å²) in [7, 11) is 11.9. The van der Waals surface area contributed by atoms with E-state index in [0.717, 1.165) is 57.4 Å². The predicted molar refractivity (Wildman–Crippen MR) is 205 cm³/mol. The highest BCUT2D eigenvalue weighted by molar-refractivity contribution is 8.76. The van der Waals surface area contributed by atoms with E-state index in [9.17, 15) is 0 Å². The molecule has 242 valence electrons. The molecule has 1 aromatic heterocycles. The van der Waals surface area contributed by atoms with E-state index in [1.165, 1.54) is 15.9 Å². The Labute approximate surface area is 293 Å². The van der Waals surface area contributed by atoms with Crippen molar-refractivity contribution in [1.29, 1.82) is 0 Å².